The number of carbonyl (C=O) groups excluding carboxylic acids is 1. The van der Waals surface area contributed by atoms with E-state index in [1.165, 1.54) is 31.6 Å². The quantitative estimate of drug-likeness (QED) is 0.884. The number of halogens is 1. The van der Waals surface area contributed by atoms with E-state index in [0.717, 1.165) is 0 Å². The van der Waals surface area contributed by atoms with Gasteiger partial charge < -0.3 is 15.2 Å². The summed E-state index contributed by atoms with van der Waals surface area (Å²) in [5.74, 6) is -1.31. The maximum absolute atomic E-state index is 12.3. The van der Waals surface area contributed by atoms with Crippen LogP contribution in [0.4, 0.5) is 5.69 Å². The number of hydrogen-bond donors (Lipinski definition) is 2. The highest BCUT2D eigenvalue weighted by atomic mass is 79.9. The second-order valence-corrected chi connectivity index (χ2v) is 4.85. The van der Waals surface area contributed by atoms with Gasteiger partial charge in [0, 0.05) is 10.7 Å². The van der Waals surface area contributed by atoms with Crippen molar-refractivity contribution >= 4 is 33.5 Å². The van der Waals surface area contributed by atoms with E-state index in [2.05, 4.69) is 26.2 Å². The van der Waals surface area contributed by atoms with E-state index in [-0.39, 0.29) is 16.8 Å². The van der Waals surface area contributed by atoms with E-state index >= 15 is 0 Å². The number of ether oxygens (including phenoxy) is 1. The molecule has 0 aliphatic heterocycles. The Morgan fingerprint density at radius 1 is 1.29 bits per heavy atom. The van der Waals surface area contributed by atoms with Gasteiger partial charge in [-0.05, 0) is 34.1 Å². The smallest absolute Gasteiger partial charge is 0.337 e. The molecule has 0 fully saturated rings. The van der Waals surface area contributed by atoms with Crippen LogP contribution in [-0.2, 0) is 0 Å². The summed E-state index contributed by atoms with van der Waals surface area (Å²) in [6, 6.07) is 6.12. The molecular formula is C14H11BrN2O4. The normalized spacial score (nSPS) is 10.0. The molecule has 2 aromatic rings. The van der Waals surface area contributed by atoms with Crippen molar-refractivity contribution in [2.24, 2.45) is 0 Å². The molecule has 0 radical (unpaired) electrons. The topological polar surface area (TPSA) is 88.5 Å². The van der Waals surface area contributed by atoms with E-state index in [1.54, 1.807) is 12.1 Å². The first-order chi connectivity index (χ1) is 10.0. The fourth-order valence-electron chi connectivity index (χ4n) is 1.74. The molecule has 0 spiro atoms. The van der Waals surface area contributed by atoms with E-state index in [1.807, 2.05) is 0 Å². The van der Waals surface area contributed by atoms with E-state index in [4.69, 9.17) is 9.84 Å². The standard InChI is InChI=1S/C14H11BrN2O4/c1-21-11-7-16-6-5-8(11)13(18)17-12-9(14(19)20)3-2-4-10(12)15/h2-7H,1H3,(H,17,18)(H,19,20). The number of carboxylic acids is 1. The highest BCUT2D eigenvalue weighted by Crippen LogP contribution is 2.28. The fourth-order valence-corrected chi connectivity index (χ4v) is 2.21. The molecule has 1 aromatic carbocycles. The van der Waals surface area contributed by atoms with Gasteiger partial charge in [0.05, 0.1) is 30.1 Å². The van der Waals surface area contributed by atoms with E-state index in [0.29, 0.717) is 10.2 Å². The Morgan fingerprint density at radius 3 is 2.71 bits per heavy atom. The highest BCUT2D eigenvalue weighted by Gasteiger charge is 2.18. The van der Waals surface area contributed by atoms with Gasteiger partial charge in [0.15, 0.2) is 0 Å². The van der Waals surface area contributed by atoms with Crippen molar-refractivity contribution in [1.82, 2.24) is 4.98 Å². The lowest BCUT2D eigenvalue weighted by Crippen LogP contribution is -2.16. The van der Waals surface area contributed by atoms with Gasteiger partial charge in [-0.3, -0.25) is 9.78 Å². The van der Waals surface area contributed by atoms with Gasteiger partial charge in [-0.15, -0.1) is 0 Å². The van der Waals surface area contributed by atoms with Gasteiger partial charge in [-0.1, -0.05) is 6.07 Å². The lowest BCUT2D eigenvalue weighted by Gasteiger charge is -2.12. The molecule has 0 atom stereocenters. The van der Waals surface area contributed by atoms with Gasteiger partial charge in [0.1, 0.15) is 5.75 Å². The molecule has 21 heavy (non-hydrogen) atoms. The SMILES string of the molecule is COc1cnccc1C(=O)Nc1c(Br)cccc1C(=O)O. The number of anilines is 1. The number of pyridine rings is 1. The molecule has 1 heterocycles. The predicted octanol–water partition coefficient (Wildman–Crippen LogP) is 2.80. The predicted molar refractivity (Wildman–Crippen MR) is 79.8 cm³/mol. The Morgan fingerprint density at radius 2 is 2.05 bits per heavy atom. The van der Waals surface area contributed by atoms with Crippen LogP contribution in [0.5, 0.6) is 5.75 Å². The zero-order valence-corrected chi connectivity index (χ0v) is 12.5. The lowest BCUT2D eigenvalue weighted by atomic mass is 10.1. The number of aromatic carboxylic acids is 1. The molecule has 7 heteroatoms. The van der Waals surface area contributed by atoms with Crippen LogP contribution in [0, 0.1) is 0 Å². The Labute approximate surface area is 128 Å². The van der Waals surface area contributed by atoms with Crippen LogP contribution in [0.3, 0.4) is 0 Å². The number of rotatable bonds is 4. The number of aromatic nitrogens is 1. The van der Waals surface area contributed by atoms with E-state index in [9.17, 15) is 9.59 Å². The summed E-state index contributed by atoms with van der Waals surface area (Å²) in [5, 5.41) is 11.7. The molecule has 2 rings (SSSR count). The molecule has 1 amide bonds. The molecule has 0 saturated heterocycles. The molecule has 0 unspecified atom stereocenters. The molecule has 6 nitrogen and oxygen atoms in total. The van der Waals surface area contributed by atoms with Crippen molar-refractivity contribution in [3.05, 3.63) is 52.3 Å². The molecule has 0 aliphatic rings. The highest BCUT2D eigenvalue weighted by molar-refractivity contribution is 9.10. The van der Waals surface area contributed by atoms with Crippen molar-refractivity contribution in [2.45, 2.75) is 0 Å². The van der Waals surface area contributed by atoms with E-state index < -0.39 is 11.9 Å². The summed E-state index contributed by atoms with van der Waals surface area (Å²) in [6.45, 7) is 0. The Balaban J connectivity index is 2.38. The van der Waals surface area contributed by atoms with Crippen LogP contribution < -0.4 is 10.1 Å². The van der Waals surface area contributed by atoms with Crippen molar-refractivity contribution in [2.75, 3.05) is 12.4 Å². The number of nitrogens with zero attached hydrogens (tertiary/aromatic N) is 1. The molecule has 1 aromatic heterocycles. The first-order valence-electron chi connectivity index (χ1n) is 5.85. The third kappa shape index (κ3) is 3.19. The molecule has 108 valence electrons. The van der Waals surface area contributed by atoms with Crippen molar-refractivity contribution in [3.8, 4) is 5.75 Å². The minimum atomic E-state index is -1.13. The van der Waals surface area contributed by atoms with Crippen LogP contribution in [0.25, 0.3) is 0 Å². The molecule has 2 N–H and O–H groups in total. The summed E-state index contributed by atoms with van der Waals surface area (Å²) in [5.41, 5.74) is 0.444. The first kappa shape index (κ1) is 15.0. The number of amides is 1. The first-order valence-corrected chi connectivity index (χ1v) is 6.65. The largest absolute Gasteiger partial charge is 0.494 e. The zero-order chi connectivity index (χ0) is 15.4. The second kappa shape index (κ2) is 6.36. The number of methoxy groups -OCH3 is 1. The number of para-hydroxylation sites is 1. The fraction of sp³-hybridized carbons (Fsp3) is 0.0714. The van der Waals surface area contributed by atoms with Crippen molar-refractivity contribution in [1.29, 1.82) is 0 Å². The Hall–Kier alpha value is -2.41. The molecular weight excluding hydrogens is 340 g/mol. The Kier molecular flexibility index (Phi) is 4.54. The van der Waals surface area contributed by atoms with Gasteiger partial charge in [-0.2, -0.15) is 0 Å². The summed E-state index contributed by atoms with van der Waals surface area (Å²) < 4.78 is 5.54. The molecule has 0 saturated carbocycles. The van der Waals surface area contributed by atoms with Crippen LogP contribution in [-0.4, -0.2) is 29.1 Å². The van der Waals surface area contributed by atoms with Crippen molar-refractivity contribution < 1.29 is 19.4 Å². The average molecular weight is 351 g/mol. The Bertz CT molecular complexity index is 703. The monoisotopic (exact) mass is 350 g/mol. The van der Waals surface area contributed by atoms with Crippen LogP contribution in [0.2, 0.25) is 0 Å². The minimum absolute atomic E-state index is 0.00857. The van der Waals surface area contributed by atoms with Gasteiger partial charge in [0.2, 0.25) is 0 Å². The minimum Gasteiger partial charge on any atom is -0.494 e. The number of benzene rings is 1. The summed E-state index contributed by atoms with van der Waals surface area (Å²) in [4.78, 5) is 27.4. The van der Waals surface area contributed by atoms with Crippen LogP contribution in [0.1, 0.15) is 20.7 Å². The van der Waals surface area contributed by atoms with Crippen LogP contribution >= 0.6 is 15.9 Å². The van der Waals surface area contributed by atoms with Crippen molar-refractivity contribution in [3.63, 3.8) is 0 Å². The number of nitrogens with one attached hydrogen (secondary N) is 1. The number of carboxylic acid groups (broad SMARTS) is 1. The molecule has 0 aliphatic carbocycles. The number of carbonyl (C=O) groups is 2. The maximum Gasteiger partial charge on any atom is 0.337 e. The summed E-state index contributed by atoms with van der Waals surface area (Å²) in [6.07, 6.45) is 2.86. The van der Waals surface area contributed by atoms with Gasteiger partial charge in [-0.25, -0.2) is 4.79 Å². The zero-order valence-electron chi connectivity index (χ0n) is 11.0. The maximum atomic E-state index is 12.3. The summed E-state index contributed by atoms with van der Waals surface area (Å²) in [7, 11) is 1.43. The van der Waals surface area contributed by atoms with Crippen LogP contribution in [0.15, 0.2) is 41.1 Å². The average Bonchev–Trinajstić information content (AvgIpc) is 2.48. The van der Waals surface area contributed by atoms with Gasteiger partial charge in [0.25, 0.3) is 5.91 Å². The van der Waals surface area contributed by atoms with Gasteiger partial charge >= 0.3 is 5.97 Å². The third-order valence-corrected chi connectivity index (χ3v) is 3.39. The number of hydrogen-bond acceptors (Lipinski definition) is 4. The lowest BCUT2D eigenvalue weighted by molar-refractivity contribution is 0.0698. The summed E-state index contributed by atoms with van der Waals surface area (Å²) >= 11 is 3.23. The third-order valence-electron chi connectivity index (χ3n) is 2.73. The second-order valence-electron chi connectivity index (χ2n) is 4.00. The molecule has 0 bridgehead atoms.